The zero-order valence-corrected chi connectivity index (χ0v) is 13.9. The predicted molar refractivity (Wildman–Crippen MR) is 93.6 cm³/mol. The van der Waals surface area contributed by atoms with E-state index in [1.54, 1.807) is 0 Å². The van der Waals surface area contributed by atoms with Gasteiger partial charge in [0, 0.05) is 16.5 Å². The molecule has 0 saturated heterocycles. The van der Waals surface area contributed by atoms with Crippen LogP contribution in [0.4, 0.5) is 0 Å². The number of aryl methyl sites for hydroxylation is 2. The molecule has 0 aliphatic rings. The molecule has 0 spiro atoms. The molecule has 0 radical (unpaired) electrons. The van der Waals surface area contributed by atoms with Gasteiger partial charge in [-0.1, -0.05) is 30.3 Å². The summed E-state index contributed by atoms with van der Waals surface area (Å²) in [7, 11) is 0. The zero-order chi connectivity index (χ0) is 17.8. The van der Waals surface area contributed by atoms with Gasteiger partial charge < -0.3 is 10.2 Å². The Morgan fingerprint density at radius 3 is 2.72 bits per heavy atom. The fourth-order valence-electron chi connectivity index (χ4n) is 2.58. The van der Waals surface area contributed by atoms with Crippen LogP contribution in [0.25, 0.3) is 10.1 Å². The second-order valence-corrected chi connectivity index (χ2v) is 6.57. The van der Waals surface area contributed by atoms with Crippen molar-refractivity contribution in [3.8, 4) is 5.75 Å². The first-order valence-electron chi connectivity index (χ1n) is 7.54. The molecular weight excluding hydrogens is 340 g/mol. The quantitative estimate of drug-likeness (QED) is 0.523. The van der Waals surface area contributed by atoms with Gasteiger partial charge in [-0.2, -0.15) is 4.99 Å². The van der Waals surface area contributed by atoms with Crippen molar-refractivity contribution in [3.05, 3.63) is 58.7 Å². The molecule has 0 bridgehead atoms. The summed E-state index contributed by atoms with van der Waals surface area (Å²) in [4.78, 5) is 29.9. The molecule has 3 rings (SSSR count). The number of aliphatic carboxylic acids is 1. The third-order valence-corrected chi connectivity index (χ3v) is 5.01. The number of fused-ring (bicyclic) bond motifs is 1. The fourth-order valence-corrected chi connectivity index (χ4v) is 3.66. The van der Waals surface area contributed by atoms with E-state index in [9.17, 15) is 14.7 Å². The summed E-state index contributed by atoms with van der Waals surface area (Å²) < 4.78 is 0.542. The lowest BCUT2D eigenvalue weighted by atomic mass is 10.1. The predicted octanol–water partition coefficient (Wildman–Crippen LogP) is 3.25. The minimum atomic E-state index is -1.56. The first kappa shape index (κ1) is 16.8. The van der Waals surface area contributed by atoms with E-state index in [4.69, 9.17) is 5.11 Å². The van der Waals surface area contributed by atoms with Crippen LogP contribution < -0.4 is 0 Å². The number of benzene rings is 1. The van der Waals surface area contributed by atoms with Crippen molar-refractivity contribution >= 4 is 33.5 Å². The van der Waals surface area contributed by atoms with E-state index in [1.807, 2.05) is 24.3 Å². The second kappa shape index (κ2) is 7.25. The van der Waals surface area contributed by atoms with E-state index >= 15 is 0 Å². The maximum atomic E-state index is 11.2. The number of aromatic nitrogens is 1. The fraction of sp³-hybridized carbons (Fsp3) is 0.167. The summed E-state index contributed by atoms with van der Waals surface area (Å²) >= 11 is 1.38. The van der Waals surface area contributed by atoms with Crippen LogP contribution in [-0.4, -0.2) is 27.2 Å². The summed E-state index contributed by atoms with van der Waals surface area (Å²) in [5, 5.41) is 20.3. The molecule has 3 aromatic rings. The van der Waals surface area contributed by atoms with Crippen LogP contribution in [0, 0.1) is 0 Å². The molecule has 1 atom stereocenters. The van der Waals surface area contributed by atoms with E-state index in [0.29, 0.717) is 4.70 Å². The number of hydrogen-bond donors (Lipinski definition) is 2. The molecule has 25 heavy (non-hydrogen) atoms. The maximum Gasteiger partial charge on any atom is 0.335 e. The first-order chi connectivity index (χ1) is 12.1. The highest BCUT2D eigenvalue weighted by atomic mass is 32.1. The summed E-state index contributed by atoms with van der Waals surface area (Å²) in [6.45, 7) is 0. The Hall–Kier alpha value is -3.02. The van der Waals surface area contributed by atoms with E-state index in [1.165, 1.54) is 29.2 Å². The first-order valence-corrected chi connectivity index (χ1v) is 8.35. The van der Waals surface area contributed by atoms with Crippen molar-refractivity contribution in [1.29, 1.82) is 0 Å². The van der Waals surface area contributed by atoms with E-state index < -0.39 is 12.0 Å². The number of thiophene rings is 1. The number of aromatic hydroxyl groups is 1. The maximum absolute atomic E-state index is 11.2. The number of rotatable bonds is 6. The number of carboxylic acid groups (broad SMARTS) is 1. The minimum Gasteiger partial charge on any atom is -0.505 e. The SMILES string of the molecule is O=C=NC(C(=O)O)c1ncc2cc(CCc3ccccc3)sc2c1O. The second-order valence-electron chi connectivity index (χ2n) is 5.44. The summed E-state index contributed by atoms with van der Waals surface area (Å²) in [5.74, 6) is -1.62. The van der Waals surface area contributed by atoms with Crippen LogP contribution >= 0.6 is 11.3 Å². The average molecular weight is 354 g/mol. The van der Waals surface area contributed by atoms with E-state index in [-0.39, 0.29) is 11.4 Å². The lowest BCUT2D eigenvalue weighted by molar-refractivity contribution is -0.138. The van der Waals surface area contributed by atoms with Crippen LogP contribution in [0.15, 0.2) is 47.6 Å². The lowest BCUT2D eigenvalue weighted by Gasteiger charge is -2.07. The minimum absolute atomic E-state index is 0.153. The van der Waals surface area contributed by atoms with Gasteiger partial charge in [0.05, 0.1) is 4.70 Å². The molecule has 7 heteroatoms. The molecule has 2 aromatic heterocycles. The van der Waals surface area contributed by atoms with Gasteiger partial charge in [0.2, 0.25) is 12.1 Å². The van der Waals surface area contributed by atoms with Gasteiger partial charge in [0.25, 0.3) is 0 Å². The van der Waals surface area contributed by atoms with E-state index in [2.05, 4.69) is 22.1 Å². The Morgan fingerprint density at radius 1 is 1.28 bits per heavy atom. The highest BCUT2D eigenvalue weighted by molar-refractivity contribution is 7.19. The van der Waals surface area contributed by atoms with Crippen LogP contribution in [-0.2, 0) is 22.4 Å². The van der Waals surface area contributed by atoms with Crippen molar-refractivity contribution in [1.82, 2.24) is 4.98 Å². The standard InChI is InChI=1S/C18H14N2O4S/c21-10-20-15(18(23)24)14-16(22)17-12(9-19-14)8-13(25-17)7-6-11-4-2-1-3-5-11/h1-5,8-9,15,22H,6-7H2,(H,23,24). The topological polar surface area (TPSA) is 99.9 Å². The summed E-state index contributed by atoms with van der Waals surface area (Å²) in [6, 6.07) is 10.4. The third-order valence-electron chi connectivity index (χ3n) is 3.79. The van der Waals surface area contributed by atoms with E-state index in [0.717, 1.165) is 23.1 Å². The van der Waals surface area contributed by atoms with Gasteiger partial charge in [0.15, 0.2) is 5.75 Å². The van der Waals surface area contributed by atoms with Gasteiger partial charge in [-0.15, -0.1) is 11.3 Å². The van der Waals surface area contributed by atoms with Crippen molar-refractivity contribution in [2.24, 2.45) is 4.99 Å². The largest absolute Gasteiger partial charge is 0.505 e. The van der Waals surface area contributed by atoms with Gasteiger partial charge in [-0.05, 0) is 24.5 Å². The third kappa shape index (κ3) is 3.57. The molecule has 1 aromatic carbocycles. The molecular formula is C18H14N2O4S. The summed E-state index contributed by atoms with van der Waals surface area (Å²) in [6.07, 6.45) is 4.36. The van der Waals surface area contributed by atoms with Crippen molar-refractivity contribution in [3.63, 3.8) is 0 Å². The van der Waals surface area contributed by atoms with Crippen molar-refractivity contribution in [2.75, 3.05) is 0 Å². The average Bonchev–Trinajstić information content (AvgIpc) is 3.04. The Labute approximate surface area is 147 Å². The highest BCUT2D eigenvalue weighted by Gasteiger charge is 2.26. The summed E-state index contributed by atoms with van der Waals surface area (Å²) in [5.41, 5.74) is 1.06. The van der Waals surface area contributed by atoms with Gasteiger partial charge in [-0.3, -0.25) is 4.98 Å². The zero-order valence-electron chi connectivity index (χ0n) is 13.0. The number of carboxylic acids is 1. The molecule has 0 saturated carbocycles. The number of nitrogens with zero attached hydrogens (tertiary/aromatic N) is 2. The smallest absolute Gasteiger partial charge is 0.335 e. The van der Waals surface area contributed by atoms with Crippen LogP contribution in [0.5, 0.6) is 5.75 Å². The number of carbonyl (C=O) groups excluding carboxylic acids is 1. The van der Waals surface area contributed by atoms with Gasteiger partial charge in [0.1, 0.15) is 5.69 Å². The van der Waals surface area contributed by atoms with Crippen LogP contribution in [0.1, 0.15) is 22.2 Å². The molecule has 2 heterocycles. The normalized spacial score (nSPS) is 11.8. The molecule has 0 aliphatic carbocycles. The van der Waals surface area contributed by atoms with Crippen LogP contribution in [0.3, 0.4) is 0 Å². The molecule has 0 aliphatic heterocycles. The Morgan fingerprint density at radius 2 is 2.04 bits per heavy atom. The Kier molecular flexibility index (Phi) is 4.88. The van der Waals surface area contributed by atoms with Gasteiger partial charge in [-0.25, -0.2) is 9.59 Å². The Balaban J connectivity index is 1.91. The number of hydrogen-bond acceptors (Lipinski definition) is 6. The highest BCUT2D eigenvalue weighted by Crippen LogP contribution is 2.37. The molecule has 2 N–H and O–H groups in total. The number of pyridine rings is 1. The molecule has 1 unspecified atom stereocenters. The molecule has 0 amide bonds. The molecule has 126 valence electrons. The van der Waals surface area contributed by atoms with Crippen molar-refractivity contribution < 1.29 is 19.8 Å². The number of isocyanates is 1. The Bertz CT molecular complexity index is 960. The molecule has 0 fully saturated rings. The van der Waals surface area contributed by atoms with Crippen LogP contribution in [0.2, 0.25) is 0 Å². The number of aliphatic imine (C=N–C) groups is 1. The lowest BCUT2D eigenvalue weighted by Crippen LogP contribution is -2.10. The monoisotopic (exact) mass is 354 g/mol. The number of carbonyl (C=O) groups is 1. The van der Waals surface area contributed by atoms with Gasteiger partial charge >= 0.3 is 5.97 Å². The molecule has 6 nitrogen and oxygen atoms in total. The van der Waals surface area contributed by atoms with Crippen molar-refractivity contribution in [2.45, 2.75) is 18.9 Å².